The van der Waals surface area contributed by atoms with Crippen LogP contribution in [-0.2, 0) is 23.7 Å². The molecule has 0 aromatic carbocycles. The van der Waals surface area contributed by atoms with Gasteiger partial charge in [-0.05, 0) is 12.8 Å². The van der Waals surface area contributed by atoms with E-state index in [1.807, 2.05) is 0 Å². The number of aliphatic hydroxyl groups is 8. The van der Waals surface area contributed by atoms with Crippen LogP contribution in [0.5, 0.6) is 0 Å². The van der Waals surface area contributed by atoms with Gasteiger partial charge < -0.3 is 65.1 Å². The topological polar surface area (TPSA) is 228 Å². The number of nitrogens with one attached hydrogen (secondary N) is 1. The summed E-state index contributed by atoms with van der Waals surface area (Å²) < 4.78 is 22.7. The van der Waals surface area contributed by atoms with Gasteiger partial charge in [-0.3, -0.25) is 4.79 Å². The predicted molar refractivity (Wildman–Crippen MR) is 236 cm³/mol. The van der Waals surface area contributed by atoms with E-state index >= 15 is 0 Å². The summed E-state index contributed by atoms with van der Waals surface area (Å²) in [4.78, 5) is 13.1. The number of hydrogen-bond acceptors (Lipinski definition) is 13. The maximum absolute atomic E-state index is 13.1. The molecular weight excluding hydrogens is 787 g/mol. The fraction of sp³-hybridized carbons (Fsp3) is 0.979. The second-order valence-corrected chi connectivity index (χ2v) is 18.0. The zero-order valence-corrected chi connectivity index (χ0v) is 38.2. The number of aliphatic hydroxyl groups excluding tert-OH is 8. The van der Waals surface area contributed by atoms with Gasteiger partial charge in [-0.2, -0.15) is 0 Å². The first kappa shape index (κ1) is 56.1. The highest BCUT2D eigenvalue weighted by Crippen LogP contribution is 2.30. The molecule has 2 aliphatic heterocycles. The minimum atomic E-state index is -1.78. The molecule has 362 valence electrons. The quantitative estimate of drug-likeness (QED) is 0.0334. The van der Waals surface area contributed by atoms with Crippen LogP contribution in [0, 0.1) is 0 Å². The molecule has 9 N–H and O–H groups in total. The number of ether oxygens (including phenoxy) is 4. The first-order chi connectivity index (χ1) is 29.6. The van der Waals surface area contributed by atoms with Crippen LogP contribution in [0.15, 0.2) is 0 Å². The number of carbonyl (C=O) groups excluding carboxylic acids is 1. The Morgan fingerprint density at radius 3 is 1.39 bits per heavy atom. The van der Waals surface area contributed by atoms with Crippen LogP contribution in [0.1, 0.15) is 200 Å². The van der Waals surface area contributed by atoms with Gasteiger partial charge in [-0.1, -0.05) is 181 Å². The lowest BCUT2D eigenvalue weighted by Gasteiger charge is -2.46. The zero-order valence-electron chi connectivity index (χ0n) is 38.2. The summed E-state index contributed by atoms with van der Waals surface area (Å²) >= 11 is 0. The molecule has 2 fully saturated rings. The summed E-state index contributed by atoms with van der Waals surface area (Å²) in [6.07, 6.45) is 16.8. The fourth-order valence-corrected chi connectivity index (χ4v) is 8.47. The average molecular weight is 878 g/mol. The average Bonchev–Trinajstić information content (AvgIpc) is 3.26. The molecule has 2 heterocycles. The number of carbonyl (C=O) groups is 1. The lowest BCUT2D eigenvalue weighted by atomic mass is 9.97. The van der Waals surface area contributed by atoms with Crippen molar-refractivity contribution >= 4 is 5.91 Å². The largest absolute Gasteiger partial charge is 0.394 e. The van der Waals surface area contributed by atoms with Crippen LogP contribution in [0.25, 0.3) is 0 Å². The molecule has 0 aromatic heterocycles. The molecule has 1 amide bonds. The van der Waals surface area contributed by atoms with Crippen LogP contribution in [0.2, 0.25) is 0 Å². The number of amides is 1. The van der Waals surface area contributed by atoms with Crippen molar-refractivity contribution in [3.05, 3.63) is 0 Å². The van der Waals surface area contributed by atoms with Crippen molar-refractivity contribution in [3.8, 4) is 0 Å². The van der Waals surface area contributed by atoms with Gasteiger partial charge >= 0.3 is 0 Å². The molecule has 12 atom stereocenters. The van der Waals surface area contributed by atoms with Crippen molar-refractivity contribution < 1.29 is 64.6 Å². The molecule has 2 saturated heterocycles. The summed E-state index contributed by atoms with van der Waals surface area (Å²) in [5.41, 5.74) is 0. The molecule has 0 bridgehead atoms. The molecule has 2 aliphatic rings. The maximum atomic E-state index is 13.1. The molecule has 14 nitrogen and oxygen atoms in total. The first-order valence-electron chi connectivity index (χ1n) is 24.8. The van der Waals surface area contributed by atoms with Crippen LogP contribution in [0.3, 0.4) is 0 Å². The van der Waals surface area contributed by atoms with Gasteiger partial charge in [0.15, 0.2) is 12.6 Å². The van der Waals surface area contributed by atoms with E-state index in [-0.39, 0.29) is 12.5 Å². The first-order valence-corrected chi connectivity index (χ1v) is 24.8. The molecule has 14 heteroatoms. The van der Waals surface area contributed by atoms with Gasteiger partial charge in [-0.25, -0.2) is 0 Å². The molecule has 0 spiro atoms. The third kappa shape index (κ3) is 23.1. The zero-order chi connectivity index (χ0) is 44.7. The molecular formula is C47H91NO13. The fourth-order valence-electron chi connectivity index (χ4n) is 8.47. The molecule has 0 aromatic rings. The summed E-state index contributed by atoms with van der Waals surface area (Å²) in [5.74, 6) is -0.207. The Balaban J connectivity index is 1.84. The SMILES string of the molecule is CCCCCCCCCCCCCCCCCC[C@@H](O)[C@H](CO[C@@H]1O[C@H](CO)[C@@H](O[C@@H]2O[C@H](CO)[C@H](O)C(O)C2O)C(O)C1O)NC(=O)CCCCCCCCCCCCC. The highest BCUT2D eigenvalue weighted by Gasteiger charge is 2.51. The van der Waals surface area contributed by atoms with Gasteiger partial charge in [0.2, 0.25) is 5.91 Å². The lowest BCUT2D eigenvalue weighted by Crippen LogP contribution is -2.65. The smallest absolute Gasteiger partial charge is 0.220 e. The van der Waals surface area contributed by atoms with Crippen molar-refractivity contribution in [1.29, 1.82) is 0 Å². The van der Waals surface area contributed by atoms with Crippen molar-refractivity contribution in [3.63, 3.8) is 0 Å². The summed E-state index contributed by atoms with van der Waals surface area (Å²) in [6, 6.07) is -0.819. The lowest BCUT2D eigenvalue weighted by molar-refractivity contribution is -0.359. The number of hydrogen-bond donors (Lipinski definition) is 9. The van der Waals surface area contributed by atoms with Crippen LogP contribution < -0.4 is 5.32 Å². The Morgan fingerprint density at radius 2 is 0.934 bits per heavy atom. The Labute approximate surface area is 368 Å². The molecule has 0 aliphatic carbocycles. The Hall–Kier alpha value is -1.01. The molecule has 4 unspecified atom stereocenters. The highest BCUT2D eigenvalue weighted by molar-refractivity contribution is 5.76. The molecule has 2 rings (SSSR count). The van der Waals surface area contributed by atoms with E-state index in [9.17, 15) is 45.6 Å². The van der Waals surface area contributed by atoms with E-state index in [1.54, 1.807) is 0 Å². The second-order valence-electron chi connectivity index (χ2n) is 18.0. The Kier molecular flexibility index (Phi) is 32.5. The van der Waals surface area contributed by atoms with Crippen molar-refractivity contribution in [2.24, 2.45) is 0 Å². The van der Waals surface area contributed by atoms with E-state index in [0.29, 0.717) is 12.8 Å². The van der Waals surface area contributed by atoms with E-state index in [0.717, 1.165) is 51.4 Å². The number of unbranched alkanes of at least 4 members (excludes halogenated alkanes) is 25. The molecule has 61 heavy (non-hydrogen) atoms. The van der Waals surface area contributed by atoms with Crippen molar-refractivity contribution in [1.82, 2.24) is 5.32 Å². The van der Waals surface area contributed by atoms with Crippen LogP contribution >= 0.6 is 0 Å². The highest BCUT2D eigenvalue weighted by atomic mass is 16.7. The van der Waals surface area contributed by atoms with E-state index < -0.39 is 86.8 Å². The minimum Gasteiger partial charge on any atom is -0.394 e. The summed E-state index contributed by atoms with van der Waals surface area (Å²) in [5, 5.41) is 86.7. The van der Waals surface area contributed by atoms with Gasteiger partial charge in [-0.15, -0.1) is 0 Å². The molecule has 0 saturated carbocycles. The van der Waals surface area contributed by atoms with Crippen molar-refractivity contribution in [2.45, 2.75) is 274 Å². The monoisotopic (exact) mass is 878 g/mol. The van der Waals surface area contributed by atoms with Crippen molar-refractivity contribution in [2.75, 3.05) is 19.8 Å². The second kappa shape index (κ2) is 35.3. The van der Waals surface area contributed by atoms with Crippen LogP contribution in [0.4, 0.5) is 0 Å². The van der Waals surface area contributed by atoms with Gasteiger partial charge in [0.1, 0.15) is 48.8 Å². The standard InChI is InChI=1S/C47H91NO13/c1-3-5-7-9-11-13-15-16-17-18-19-21-22-24-26-28-30-36(51)35(48-39(52)31-29-27-25-23-20-14-12-10-8-6-4-2)34-58-46-44(57)42(55)45(38(33-50)60-46)61-47-43(56)41(54)40(53)37(32-49)59-47/h35-38,40-47,49-51,53-57H,3-34H2,1-2H3,(H,48,52)/t35-,36+,37+,38+,40-,41?,42?,43?,44?,45+,46+,47-/m0/s1. The summed E-state index contributed by atoms with van der Waals surface area (Å²) in [7, 11) is 0. The van der Waals surface area contributed by atoms with Gasteiger partial charge in [0.05, 0.1) is 32.0 Å². The maximum Gasteiger partial charge on any atom is 0.220 e. The third-order valence-corrected chi connectivity index (χ3v) is 12.6. The minimum absolute atomic E-state index is 0.207. The predicted octanol–water partition coefficient (Wildman–Crippen LogP) is 5.83. The Bertz CT molecular complexity index is 1040. The third-order valence-electron chi connectivity index (χ3n) is 12.6. The summed E-state index contributed by atoms with van der Waals surface area (Å²) in [6.45, 7) is 2.84. The normalized spacial score (nSPS) is 27.9. The molecule has 0 radical (unpaired) electrons. The van der Waals surface area contributed by atoms with E-state index in [4.69, 9.17) is 18.9 Å². The van der Waals surface area contributed by atoms with Crippen LogP contribution in [-0.4, -0.2) is 140 Å². The Morgan fingerprint density at radius 1 is 0.525 bits per heavy atom. The van der Waals surface area contributed by atoms with Gasteiger partial charge in [0.25, 0.3) is 0 Å². The van der Waals surface area contributed by atoms with E-state index in [1.165, 1.54) is 122 Å². The number of rotatable bonds is 38. The van der Waals surface area contributed by atoms with E-state index in [2.05, 4.69) is 19.2 Å². The van der Waals surface area contributed by atoms with Gasteiger partial charge in [0, 0.05) is 6.42 Å².